The first kappa shape index (κ1) is 15.6. The van der Waals surface area contributed by atoms with Crippen LogP contribution in [0, 0.1) is 5.82 Å². The minimum absolute atomic E-state index is 0.0902. The molecule has 116 valence electrons. The van der Waals surface area contributed by atoms with Crippen LogP contribution in [-0.2, 0) is 0 Å². The monoisotopic (exact) mass is 305 g/mol. The maximum Gasteiger partial charge on any atom is 0.259 e. The van der Waals surface area contributed by atoms with Gasteiger partial charge in [0.15, 0.2) is 0 Å². The zero-order chi connectivity index (χ0) is 16.1. The van der Waals surface area contributed by atoms with Gasteiger partial charge >= 0.3 is 0 Å². The number of benzene rings is 2. The minimum atomic E-state index is -0.524. The number of carbonyl (C=O) groups is 1. The SMILES string of the molecule is COc1ccc(OC)c(NC(=O)c2cc(F)ccc2OC)c1. The van der Waals surface area contributed by atoms with E-state index >= 15 is 0 Å². The number of ether oxygens (including phenoxy) is 3. The van der Waals surface area contributed by atoms with Gasteiger partial charge in [0.2, 0.25) is 0 Å². The lowest BCUT2D eigenvalue weighted by Gasteiger charge is -2.13. The summed E-state index contributed by atoms with van der Waals surface area (Å²) in [6, 6.07) is 8.71. The molecule has 0 fully saturated rings. The van der Waals surface area contributed by atoms with E-state index < -0.39 is 11.7 Å². The van der Waals surface area contributed by atoms with Gasteiger partial charge in [-0.2, -0.15) is 0 Å². The van der Waals surface area contributed by atoms with Gasteiger partial charge in [-0.25, -0.2) is 4.39 Å². The normalized spacial score (nSPS) is 10.0. The average Bonchev–Trinajstić information content (AvgIpc) is 2.54. The van der Waals surface area contributed by atoms with Gasteiger partial charge in [-0.15, -0.1) is 0 Å². The van der Waals surface area contributed by atoms with E-state index in [4.69, 9.17) is 14.2 Å². The van der Waals surface area contributed by atoms with Crippen molar-refractivity contribution in [2.45, 2.75) is 0 Å². The van der Waals surface area contributed by atoms with Crippen molar-refractivity contribution in [1.29, 1.82) is 0 Å². The van der Waals surface area contributed by atoms with Crippen LogP contribution in [0.4, 0.5) is 10.1 Å². The number of hydrogen-bond acceptors (Lipinski definition) is 4. The van der Waals surface area contributed by atoms with Gasteiger partial charge in [0.1, 0.15) is 23.1 Å². The van der Waals surface area contributed by atoms with E-state index in [1.165, 1.54) is 33.5 Å². The lowest BCUT2D eigenvalue weighted by molar-refractivity contribution is 0.102. The second kappa shape index (κ2) is 6.80. The highest BCUT2D eigenvalue weighted by molar-refractivity contribution is 6.07. The van der Waals surface area contributed by atoms with Gasteiger partial charge in [-0.1, -0.05) is 0 Å². The van der Waals surface area contributed by atoms with Crippen LogP contribution in [0.5, 0.6) is 17.2 Å². The summed E-state index contributed by atoms with van der Waals surface area (Å²) in [5.74, 6) is 0.263. The molecule has 0 unspecified atom stereocenters. The molecule has 0 radical (unpaired) electrons. The number of hydrogen-bond donors (Lipinski definition) is 1. The third kappa shape index (κ3) is 3.28. The van der Waals surface area contributed by atoms with Crippen molar-refractivity contribution in [2.24, 2.45) is 0 Å². The first-order chi connectivity index (χ1) is 10.6. The molecule has 2 aromatic rings. The molecule has 6 heteroatoms. The third-order valence-corrected chi connectivity index (χ3v) is 3.06. The summed E-state index contributed by atoms with van der Waals surface area (Å²) in [7, 11) is 4.42. The van der Waals surface area contributed by atoms with E-state index in [1.54, 1.807) is 18.2 Å². The predicted octanol–water partition coefficient (Wildman–Crippen LogP) is 3.10. The Balaban J connectivity index is 2.34. The summed E-state index contributed by atoms with van der Waals surface area (Å²) >= 11 is 0. The van der Waals surface area contributed by atoms with Crippen molar-refractivity contribution in [3.8, 4) is 17.2 Å². The fraction of sp³-hybridized carbons (Fsp3) is 0.188. The molecule has 0 atom stereocenters. The van der Waals surface area contributed by atoms with Crippen LogP contribution in [0.2, 0.25) is 0 Å². The first-order valence-corrected chi connectivity index (χ1v) is 6.46. The Labute approximate surface area is 127 Å². The molecule has 0 aliphatic rings. The van der Waals surface area contributed by atoms with Crippen molar-refractivity contribution in [2.75, 3.05) is 26.6 Å². The van der Waals surface area contributed by atoms with E-state index in [9.17, 15) is 9.18 Å². The van der Waals surface area contributed by atoms with Crippen molar-refractivity contribution in [1.82, 2.24) is 0 Å². The van der Waals surface area contributed by atoms with Gasteiger partial charge in [0.05, 0.1) is 32.6 Å². The van der Waals surface area contributed by atoms with E-state index in [2.05, 4.69) is 5.32 Å². The van der Waals surface area contributed by atoms with Crippen LogP contribution in [0.3, 0.4) is 0 Å². The Morgan fingerprint density at radius 1 is 0.955 bits per heavy atom. The van der Waals surface area contributed by atoms with Crippen LogP contribution >= 0.6 is 0 Å². The highest BCUT2D eigenvalue weighted by Gasteiger charge is 2.16. The molecule has 1 N–H and O–H groups in total. The van der Waals surface area contributed by atoms with Crippen LogP contribution in [0.25, 0.3) is 0 Å². The van der Waals surface area contributed by atoms with Crippen molar-refractivity contribution in [3.05, 3.63) is 47.8 Å². The number of methoxy groups -OCH3 is 3. The highest BCUT2D eigenvalue weighted by Crippen LogP contribution is 2.30. The number of anilines is 1. The van der Waals surface area contributed by atoms with Crippen molar-refractivity contribution < 1.29 is 23.4 Å². The Morgan fingerprint density at radius 3 is 2.27 bits per heavy atom. The van der Waals surface area contributed by atoms with Crippen molar-refractivity contribution >= 4 is 11.6 Å². The number of nitrogens with one attached hydrogen (secondary N) is 1. The molecule has 5 nitrogen and oxygen atoms in total. The van der Waals surface area contributed by atoms with E-state index in [0.717, 1.165) is 6.07 Å². The number of amides is 1. The highest BCUT2D eigenvalue weighted by atomic mass is 19.1. The Morgan fingerprint density at radius 2 is 1.64 bits per heavy atom. The molecule has 0 saturated heterocycles. The van der Waals surface area contributed by atoms with Crippen molar-refractivity contribution in [3.63, 3.8) is 0 Å². The number of carbonyl (C=O) groups excluding carboxylic acids is 1. The molecule has 0 spiro atoms. The van der Waals surface area contributed by atoms with Gasteiger partial charge in [-0.3, -0.25) is 4.79 Å². The van der Waals surface area contributed by atoms with E-state index in [-0.39, 0.29) is 11.3 Å². The molecular weight excluding hydrogens is 289 g/mol. The summed E-state index contributed by atoms with van der Waals surface area (Å²) < 4.78 is 28.7. The molecule has 22 heavy (non-hydrogen) atoms. The largest absolute Gasteiger partial charge is 0.497 e. The molecule has 0 aliphatic heterocycles. The molecule has 1 amide bonds. The lowest BCUT2D eigenvalue weighted by Crippen LogP contribution is -2.14. The first-order valence-electron chi connectivity index (χ1n) is 6.46. The molecule has 0 heterocycles. The molecule has 0 aromatic heterocycles. The second-order valence-electron chi connectivity index (χ2n) is 4.36. The van der Waals surface area contributed by atoms with Gasteiger partial charge in [0, 0.05) is 6.07 Å². The summed E-state index contributed by atoms with van der Waals surface area (Å²) in [6.45, 7) is 0. The Hall–Kier alpha value is -2.76. The average molecular weight is 305 g/mol. The summed E-state index contributed by atoms with van der Waals surface area (Å²) in [6.07, 6.45) is 0. The third-order valence-electron chi connectivity index (χ3n) is 3.06. The fourth-order valence-electron chi connectivity index (χ4n) is 1.96. The van der Waals surface area contributed by atoms with Gasteiger partial charge < -0.3 is 19.5 Å². The van der Waals surface area contributed by atoms with E-state index in [0.29, 0.717) is 17.2 Å². The second-order valence-corrected chi connectivity index (χ2v) is 4.36. The maximum absolute atomic E-state index is 13.4. The summed E-state index contributed by atoms with van der Waals surface area (Å²) in [4.78, 5) is 12.4. The van der Waals surface area contributed by atoms with Crippen LogP contribution in [0.15, 0.2) is 36.4 Å². The Bertz CT molecular complexity index is 688. The molecule has 2 rings (SSSR count). The van der Waals surface area contributed by atoms with Crippen LogP contribution < -0.4 is 19.5 Å². The topological polar surface area (TPSA) is 56.8 Å². The molecule has 0 bridgehead atoms. The summed E-state index contributed by atoms with van der Waals surface area (Å²) in [5, 5.41) is 2.66. The lowest BCUT2D eigenvalue weighted by atomic mass is 10.1. The number of halogens is 1. The molecule has 0 saturated carbocycles. The maximum atomic E-state index is 13.4. The summed E-state index contributed by atoms with van der Waals surface area (Å²) in [5.41, 5.74) is 0.505. The zero-order valence-electron chi connectivity index (χ0n) is 12.5. The number of rotatable bonds is 5. The van der Waals surface area contributed by atoms with E-state index in [1.807, 2.05) is 0 Å². The van der Waals surface area contributed by atoms with Crippen LogP contribution in [-0.4, -0.2) is 27.2 Å². The quantitative estimate of drug-likeness (QED) is 0.922. The Kier molecular flexibility index (Phi) is 4.83. The zero-order valence-corrected chi connectivity index (χ0v) is 12.5. The molecular formula is C16H16FNO4. The fourth-order valence-corrected chi connectivity index (χ4v) is 1.96. The van der Waals surface area contributed by atoms with Crippen LogP contribution in [0.1, 0.15) is 10.4 Å². The predicted molar refractivity (Wildman–Crippen MR) is 80.5 cm³/mol. The molecule has 2 aromatic carbocycles. The molecule has 0 aliphatic carbocycles. The smallest absolute Gasteiger partial charge is 0.259 e. The standard InChI is InChI=1S/C16H16FNO4/c1-20-11-5-7-15(22-3)13(9-11)18-16(19)12-8-10(17)4-6-14(12)21-2/h4-9H,1-3H3,(H,18,19). The minimum Gasteiger partial charge on any atom is -0.497 e. The van der Waals surface area contributed by atoms with Gasteiger partial charge in [0.25, 0.3) is 5.91 Å². The van der Waals surface area contributed by atoms with Gasteiger partial charge in [-0.05, 0) is 30.3 Å².